The summed E-state index contributed by atoms with van der Waals surface area (Å²) in [5.41, 5.74) is 0. The van der Waals surface area contributed by atoms with E-state index >= 15 is 0 Å². The van der Waals surface area contributed by atoms with Gasteiger partial charge in [0.2, 0.25) is 0 Å². The van der Waals surface area contributed by atoms with Crippen LogP contribution in [-0.2, 0) is 20.8 Å². The van der Waals surface area contributed by atoms with E-state index in [2.05, 4.69) is 16.3 Å². The highest BCUT2D eigenvalue weighted by Crippen LogP contribution is 2.19. The number of thiophene rings is 1. The van der Waals surface area contributed by atoms with E-state index < -0.39 is 0 Å². The molecule has 2 saturated heterocycles. The Morgan fingerprint density at radius 2 is 2.36 bits per heavy atom. The summed E-state index contributed by atoms with van der Waals surface area (Å²) in [7, 11) is 2.03. The molecule has 1 amide bonds. The lowest BCUT2D eigenvalue weighted by molar-refractivity contribution is -0.151. The molecule has 3 rings (SSSR count). The molecule has 22 heavy (non-hydrogen) atoms. The van der Waals surface area contributed by atoms with E-state index in [1.54, 1.807) is 11.3 Å². The molecule has 3 heterocycles. The van der Waals surface area contributed by atoms with Crippen LogP contribution in [0.5, 0.6) is 0 Å². The summed E-state index contributed by atoms with van der Waals surface area (Å²) >= 11 is 1.69. The molecule has 0 aromatic carbocycles. The molecule has 6 heteroatoms. The van der Waals surface area contributed by atoms with E-state index in [0.29, 0.717) is 26.2 Å². The first-order chi connectivity index (χ1) is 10.7. The highest BCUT2D eigenvalue weighted by Gasteiger charge is 2.31. The second kappa shape index (κ2) is 7.55. The molecule has 0 radical (unpaired) electrons. The van der Waals surface area contributed by atoms with Crippen LogP contribution in [0.3, 0.4) is 0 Å². The van der Waals surface area contributed by atoms with Crippen LogP contribution in [0.4, 0.5) is 0 Å². The molecule has 0 aliphatic carbocycles. The van der Waals surface area contributed by atoms with E-state index in [9.17, 15) is 4.79 Å². The van der Waals surface area contributed by atoms with Crippen molar-refractivity contribution in [2.75, 3.05) is 39.9 Å². The SMILES string of the molecule is CN1CCO[C@@H](C(=O)N(Cc2cccs2)C[C@@H]2CCCO2)C1. The van der Waals surface area contributed by atoms with E-state index in [-0.39, 0.29) is 18.1 Å². The highest BCUT2D eigenvalue weighted by molar-refractivity contribution is 7.09. The topological polar surface area (TPSA) is 42.0 Å². The Morgan fingerprint density at radius 3 is 3.05 bits per heavy atom. The first kappa shape index (κ1) is 15.9. The van der Waals surface area contributed by atoms with Crippen LogP contribution in [0.2, 0.25) is 0 Å². The monoisotopic (exact) mass is 324 g/mol. The Morgan fingerprint density at radius 1 is 1.45 bits per heavy atom. The molecule has 2 aliphatic rings. The lowest BCUT2D eigenvalue weighted by atomic mass is 10.2. The third kappa shape index (κ3) is 4.07. The van der Waals surface area contributed by atoms with Crippen LogP contribution < -0.4 is 0 Å². The number of hydrogen-bond acceptors (Lipinski definition) is 5. The Hall–Kier alpha value is -0.950. The summed E-state index contributed by atoms with van der Waals surface area (Å²) in [6.45, 7) is 4.32. The normalized spacial score (nSPS) is 26.2. The van der Waals surface area contributed by atoms with Crippen molar-refractivity contribution in [2.24, 2.45) is 0 Å². The van der Waals surface area contributed by atoms with Gasteiger partial charge < -0.3 is 19.3 Å². The largest absolute Gasteiger partial charge is 0.376 e. The zero-order chi connectivity index (χ0) is 15.4. The summed E-state index contributed by atoms with van der Waals surface area (Å²) in [6.07, 6.45) is 1.96. The van der Waals surface area contributed by atoms with Gasteiger partial charge >= 0.3 is 0 Å². The van der Waals surface area contributed by atoms with Gasteiger partial charge in [-0.2, -0.15) is 0 Å². The van der Waals surface area contributed by atoms with Crippen LogP contribution in [0.25, 0.3) is 0 Å². The predicted octanol–water partition coefficient (Wildman–Crippen LogP) is 1.59. The summed E-state index contributed by atoms with van der Waals surface area (Å²) in [6, 6.07) is 4.11. The number of likely N-dealkylation sites (N-methyl/N-ethyl adjacent to an activating group) is 1. The number of hydrogen-bond donors (Lipinski definition) is 0. The third-order valence-corrected chi connectivity index (χ3v) is 5.09. The van der Waals surface area contributed by atoms with Crippen LogP contribution in [0.1, 0.15) is 17.7 Å². The average Bonchev–Trinajstić information content (AvgIpc) is 3.19. The third-order valence-electron chi connectivity index (χ3n) is 4.23. The molecule has 1 aromatic heterocycles. The van der Waals surface area contributed by atoms with Gasteiger partial charge in [-0.25, -0.2) is 0 Å². The average molecular weight is 324 g/mol. The Kier molecular flexibility index (Phi) is 5.46. The van der Waals surface area contributed by atoms with Gasteiger partial charge in [-0.3, -0.25) is 4.79 Å². The van der Waals surface area contributed by atoms with Crippen LogP contribution in [0.15, 0.2) is 17.5 Å². The minimum atomic E-state index is -0.347. The van der Waals surface area contributed by atoms with Crippen molar-refractivity contribution in [1.29, 1.82) is 0 Å². The fraction of sp³-hybridized carbons (Fsp3) is 0.688. The number of morpholine rings is 1. The molecule has 0 unspecified atom stereocenters. The molecule has 0 N–H and O–H groups in total. The number of carbonyl (C=O) groups is 1. The maximum Gasteiger partial charge on any atom is 0.253 e. The van der Waals surface area contributed by atoms with E-state index in [4.69, 9.17) is 9.47 Å². The summed E-state index contributed by atoms with van der Waals surface area (Å²) in [4.78, 5) is 18.2. The molecule has 1 aromatic rings. The van der Waals surface area contributed by atoms with Gasteiger partial charge in [0.15, 0.2) is 0 Å². The maximum atomic E-state index is 12.9. The standard InChI is InChI=1S/C16H24N2O3S/c1-17-6-8-21-15(12-17)16(19)18(10-13-4-2-7-20-13)11-14-5-3-9-22-14/h3,5,9,13,15H,2,4,6-8,10-12H2,1H3/t13-,15+/m0/s1. The fourth-order valence-corrected chi connectivity index (χ4v) is 3.71. The van der Waals surface area contributed by atoms with Crippen molar-refractivity contribution in [2.45, 2.75) is 31.6 Å². The van der Waals surface area contributed by atoms with Gasteiger partial charge in [-0.05, 0) is 31.3 Å². The quantitative estimate of drug-likeness (QED) is 0.825. The summed E-state index contributed by atoms with van der Waals surface area (Å²) in [5.74, 6) is 0.0930. The fourth-order valence-electron chi connectivity index (χ4n) is 2.99. The molecule has 0 bridgehead atoms. The Balaban J connectivity index is 1.66. The zero-order valence-electron chi connectivity index (χ0n) is 13.1. The van der Waals surface area contributed by atoms with E-state index in [1.165, 1.54) is 4.88 Å². The van der Waals surface area contributed by atoms with Crippen molar-refractivity contribution in [1.82, 2.24) is 9.80 Å². The van der Waals surface area contributed by atoms with Crippen molar-refractivity contribution in [3.05, 3.63) is 22.4 Å². The molecule has 2 atom stereocenters. The Bertz CT molecular complexity index is 474. The van der Waals surface area contributed by atoms with Gasteiger partial charge in [-0.1, -0.05) is 6.07 Å². The van der Waals surface area contributed by atoms with Crippen LogP contribution >= 0.6 is 11.3 Å². The van der Waals surface area contributed by atoms with Gasteiger partial charge in [-0.15, -0.1) is 11.3 Å². The molecular formula is C16H24N2O3S. The number of carbonyl (C=O) groups excluding carboxylic acids is 1. The molecule has 0 saturated carbocycles. The van der Waals surface area contributed by atoms with Gasteiger partial charge in [0, 0.05) is 31.1 Å². The molecule has 2 fully saturated rings. The van der Waals surface area contributed by atoms with E-state index in [1.807, 2.05) is 18.0 Å². The van der Waals surface area contributed by atoms with Crippen molar-refractivity contribution < 1.29 is 14.3 Å². The molecule has 0 spiro atoms. The lowest BCUT2D eigenvalue weighted by Crippen LogP contribution is -2.51. The van der Waals surface area contributed by atoms with Crippen molar-refractivity contribution >= 4 is 17.2 Å². The van der Waals surface area contributed by atoms with Gasteiger partial charge in [0.1, 0.15) is 6.10 Å². The molecular weight excluding hydrogens is 300 g/mol. The minimum absolute atomic E-state index is 0.0930. The smallest absolute Gasteiger partial charge is 0.253 e. The van der Waals surface area contributed by atoms with E-state index in [0.717, 1.165) is 26.0 Å². The number of rotatable bonds is 5. The number of nitrogens with zero attached hydrogens (tertiary/aromatic N) is 2. The Labute approximate surface area is 135 Å². The molecule has 122 valence electrons. The maximum absolute atomic E-state index is 12.9. The van der Waals surface area contributed by atoms with Crippen LogP contribution in [0, 0.1) is 0 Å². The van der Waals surface area contributed by atoms with Crippen molar-refractivity contribution in [3.8, 4) is 0 Å². The molecule has 2 aliphatic heterocycles. The highest BCUT2D eigenvalue weighted by atomic mass is 32.1. The second-order valence-electron chi connectivity index (χ2n) is 6.05. The number of amides is 1. The number of ether oxygens (including phenoxy) is 2. The van der Waals surface area contributed by atoms with Gasteiger partial charge in [0.05, 0.1) is 19.3 Å². The zero-order valence-corrected chi connectivity index (χ0v) is 13.9. The minimum Gasteiger partial charge on any atom is -0.376 e. The summed E-state index contributed by atoms with van der Waals surface area (Å²) < 4.78 is 11.4. The lowest BCUT2D eigenvalue weighted by Gasteiger charge is -2.34. The summed E-state index contributed by atoms with van der Waals surface area (Å²) in [5, 5.41) is 2.05. The molecule has 5 nitrogen and oxygen atoms in total. The second-order valence-corrected chi connectivity index (χ2v) is 7.09. The van der Waals surface area contributed by atoms with Gasteiger partial charge in [0.25, 0.3) is 5.91 Å². The predicted molar refractivity (Wildman–Crippen MR) is 85.9 cm³/mol. The van der Waals surface area contributed by atoms with Crippen LogP contribution in [-0.4, -0.2) is 67.8 Å². The first-order valence-corrected chi connectivity index (χ1v) is 8.83. The first-order valence-electron chi connectivity index (χ1n) is 7.95. The van der Waals surface area contributed by atoms with Crippen molar-refractivity contribution in [3.63, 3.8) is 0 Å².